The van der Waals surface area contributed by atoms with Crippen molar-refractivity contribution >= 4 is 11.6 Å². The molecular weight excluding hydrogens is 331 g/mol. The lowest BCUT2D eigenvalue weighted by atomic mass is 10.0. The molecule has 0 aliphatic rings. The Balaban J connectivity index is 1.99. The van der Waals surface area contributed by atoms with Gasteiger partial charge in [0.15, 0.2) is 17.5 Å². The van der Waals surface area contributed by atoms with Crippen LogP contribution in [0.1, 0.15) is 16.1 Å². The second-order valence-corrected chi connectivity index (χ2v) is 5.56. The Kier molecular flexibility index (Phi) is 4.31. The molecule has 25 heavy (non-hydrogen) atoms. The van der Waals surface area contributed by atoms with Gasteiger partial charge in [0.05, 0.1) is 11.3 Å². The third-order valence-corrected chi connectivity index (χ3v) is 3.73. The Morgan fingerprint density at radius 2 is 1.76 bits per heavy atom. The summed E-state index contributed by atoms with van der Waals surface area (Å²) in [4.78, 5) is 12.4. The number of rotatable bonds is 3. The molecule has 0 bridgehead atoms. The summed E-state index contributed by atoms with van der Waals surface area (Å²) in [6.07, 6.45) is 1.57. The Morgan fingerprint density at radius 1 is 1.12 bits per heavy atom. The molecule has 0 atom stereocenters. The molecular formula is C18H14F3N3O. The molecule has 3 rings (SSSR count). The van der Waals surface area contributed by atoms with Crippen LogP contribution in [0.15, 0.2) is 42.6 Å². The van der Waals surface area contributed by atoms with E-state index < -0.39 is 23.4 Å². The van der Waals surface area contributed by atoms with Crippen molar-refractivity contribution in [2.45, 2.75) is 6.92 Å². The number of benzene rings is 2. The SMILES string of the molecule is Cc1nn(C)cc1C(=O)Nc1ccccc1-c1cc(F)c(F)c(F)c1. The minimum atomic E-state index is -1.53. The maximum absolute atomic E-state index is 13.5. The lowest BCUT2D eigenvalue weighted by Crippen LogP contribution is -2.13. The second-order valence-electron chi connectivity index (χ2n) is 5.56. The first kappa shape index (κ1) is 16.8. The van der Waals surface area contributed by atoms with E-state index in [9.17, 15) is 18.0 Å². The number of aromatic nitrogens is 2. The van der Waals surface area contributed by atoms with Crippen molar-refractivity contribution in [2.24, 2.45) is 7.05 Å². The molecule has 0 saturated heterocycles. The van der Waals surface area contributed by atoms with Gasteiger partial charge < -0.3 is 5.32 Å². The van der Waals surface area contributed by atoms with Crippen molar-refractivity contribution in [2.75, 3.05) is 5.32 Å². The average molecular weight is 345 g/mol. The molecule has 128 valence electrons. The minimum Gasteiger partial charge on any atom is -0.321 e. The van der Waals surface area contributed by atoms with Gasteiger partial charge in [-0.1, -0.05) is 18.2 Å². The number of hydrogen-bond acceptors (Lipinski definition) is 2. The zero-order chi connectivity index (χ0) is 18.1. The molecule has 2 aromatic carbocycles. The van der Waals surface area contributed by atoms with Gasteiger partial charge in [0, 0.05) is 24.5 Å². The summed E-state index contributed by atoms with van der Waals surface area (Å²) in [6.45, 7) is 1.70. The molecule has 0 aliphatic heterocycles. The van der Waals surface area contributed by atoms with Crippen molar-refractivity contribution in [3.63, 3.8) is 0 Å². The van der Waals surface area contributed by atoms with E-state index in [4.69, 9.17) is 0 Å². The summed E-state index contributed by atoms with van der Waals surface area (Å²) < 4.78 is 41.7. The standard InChI is InChI=1S/C18H14F3N3O/c1-10-13(9-24(2)23-10)18(25)22-16-6-4-3-5-12(16)11-7-14(19)17(21)15(20)8-11/h3-9H,1-2H3,(H,22,25). The van der Waals surface area contributed by atoms with E-state index in [0.29, 0.717) is 22.5 Å². The number of aryl methyl sites for hydroxylation is 2. The van der Waals surface area contributed by atoms with Crippen LogP contribution in [0, 0.1) is 24.4 Å². The number of para-hydroxylation sites is 1. The van der Waals surface area contributed by atoms with Crippen LogP contribution in [0.5, 0.6) is 0 Å². The van der Waals surface area contributed by atoms with Gasteiger partial charge in [-0.2, -0.15) is 5.10 Å². The highest BCUT2D eigenvalue weighted by Crippen LogP contribution is 2.30. The molecule has 1 aromatic heterocycles. The molecule has 0 fully saturated rings. The lowest BCUT2D eigenvalue weighted by Gasteiger charge is -2.11. The van der Waals surface area contributed by atoms with E-state index in [1.165, 1.54) is 4.68 Å². The third kappa shape index (κ3) is 3.26. The molecule has 1 amide bonds. The molecule has 3 aromatic rings. The fraction of sp³-hybridized carbons (Fsp3) is 0.111. The topological polar surface area (TPSA) is 46.9 Å². The van der Waals surface area contributed by atoms with Crippen molar-refractivity contribution in [3.05, 3.63) is 71.3 Å². The number of anilines is 1. The average Bonchev–Trinajstić information content (AvgIpc) is 2.91. The van der Waals surface area contributed by atoms with Crippen LogP contribution in [0.2, 0.25) is 0 Å². The Morgan fingerprint density at radius 3 is 2.36 bits per heavy atom. The van der Waals surface area contributed by atoms with Crippen LogP contribution < -0.4 is 5.32 Å². The number of nitrogens with one attached hydrogen (secondary N) is 1. The molecule has 1 N–H and O–H groups in total. The van der Waals surface area contributed by atoms with E-state index in [-0.39, 0.29) is 5.56 Å². The highest BCUT2D eigenvalue weighted by molar-refractivity contribution is 6.06. The number of hydrogen-bond donors (Lipinski definition) is 1. The highest BCUT2D eigenvalue weighted by Gasteiger charge is 2.17. The van der Waals surface area contributed by atoms with Gasteiger partial charge in [-0.3, -0.25) is 9.48 Å². The molecule has 0 saturated carbocycles. The summed E-state index contributed by atoms with van der Waals surface area (Å²) in [5, 5.41) is 6.80. The first-order valence-electron chi connectivity index (χ1n) is 7.42. The van der Waals surface area contributed by atoms with E-state index in [1.807, 2.05) is 0 Å². The summed E-state index contributed by atoms with van der Waals surface area (Å²) in [6, 6.07) is 8.28. The smallest absolute Gasteiger partial charge is 0.259 e. The lowest BCUT2D eigenvalue weighted by molar-refractivity contribution is 0.102. The summed E-state index contributed by atoms with van der Waals surface area (Å²) >= 11 is 0. The van der Waals surface area contributed by atoms with E-state index in [2.05, 4.69) is 10.4 Å². The largest absolute Gasteiger partial charge is 0.321 e. The Bertz CT molecular complexity index is 943. The fourth-order valence-corrected chi connectivity index (χ4v) is 2.57. The Labute approximate surface area is 141 Å². The monoisotopic (exact) mass is 345 g/mol. The summed E-state index contributed by atoms with van der Waals surface area (Å²) in [5.74, 6) is -4.52. The number of carbonyl (C=O) groups excluding carboxylic acids is 1. The van der Waals surface area contributed by atoms with Gasteiger partial charge >= 0.3 is 0 Å². The van der Waals surface area contributed by atoms with Crippen molar-refractivity contribution in [1.82, 2.24) is 9.78 Å². The van der Waals surface area contributed by atoms with Crippen LogP contribution in [0.25, 0.3) is 11.1 Å². The molecule has 0 spiro atoms. The zero-order valence-corrected chi connectivity index (χ0v) is 13.5. The summed E-state index contributed by atoms with van der Waals surface area (Å²) in [7, 11) is 1.70. The first-order chi connectivity index (χ1) is 11.9. The number of amides is 1. The van der Waals surface area contributed by atoms with Gasteiger partial charge in [0.25, 0.3) is 5.91 Å². The number of carbonyl (C=O) groups is 1. The summed E-state index contributed by atoms with van der Waals surface area (Å²) in [5.41, 5.74) is 1.77. The van der Waals surface area contributed by atoms with Crippen LogP contribution in [0.4, 0.5) is 18.9 Å². The van der Waals surface area contributed by atoms with E-state index in [0.717, 1.165) is 12.1 Å². The first-order valence-corrected chi connectivity index (χ1v) is 7.42. The van der Waals surface area contributed by atoms with Gasteiger partial charge in [-0.05, 0) is 30.7 Å². The van der Waals surface area contributed by atoms with Crippen molar-refractivity contribution in [1.29, 1.82) is 0 Å². The normalized spacial score (nSPS) is 10.8. The second kappa shape index (κ2) is 6.43. The zero-order valence-electron chi connectivity index (χ0n) is 13.5. The molecule has 0 aliphatic carbocycles. The fourth-order valence-electron chi connectivity index (χ4n) is 2.57. The van der Waals surface area contributed by atoms with Gasteiger partial charge in [0.1, 0.15) is 0 Å². The van der Waals surface area contributed by atoms with Gasteiger partial charge in [-0.25, -0.2) is 13.2 Å². The predicted octanol–water partition coefficient (Wildman–Crippen LogP) is 4.07. The maximum atomic E-state index is 13.5. The van der Waals surface area contributed by atoms with Crippen LogP contribution in [-0.2, 0) is 7.05 Å². The van der Waals surface area contributed by atoms with Gasteiger partial charge in [-0.15, -0.1) is 0 Å². The Hall–Kier alpha value is -3.09. The van der Waals surface area contributed by atoms with Crippen LogP contribution in [0.3, 0.4) is 0 Å². The van der Waals surface area contributed by atoms with Gasteiger partial charge in [0.2, 0.25) is 0 Å². The molecule has 4 nitrogen and oxygen atoms in total. The minimum absolute atomic E-state index is 0.121. The maximum Gasteiger partial charge on any atom is 0.259 e. The number of nitrogens with zero attached hydrogens (tertiary/aromatic N) is 2. The van der Waals surface area contributed by atoms with Crippen molar-refractivity contribution in [3.8, 4) is 11.1 Å². The third-order valence-electron chi connectivity index (χ3n) is 3.73. The van der Waals surface area contributed by atoms with E-state index >= 15 is 0 Å². The molecule has 7 heteroatoms. The quantitative estimate of drug-likeness (QED) is 0.728. The van der Waals surface area contributed by atoms with Crippen LogP contribution >= 0.6 is 0 Å². The van der Waals surface area contributed by atoms with Crippen LogP contribution in [-0.4, -0.2) is 15.7 Å². The molecule has 1 heterocycles. The highest BCUT2D eigenvalue weighted by atomic mass is 19.2. The predicted molar refractivity (Wildman–Crippen MR) is 87.7 cm³/mol. The van der Waals surface area contributed by atoms with Crippen molar-refractivity contribution < 1.29 is 18.0 Å². The molecule has 0 radical (unpaired) electrons. The molecule has 0 unspecified atom stereocenters. The van der Waals surface area contributed by atoms with E-state index in [1.54, 1.807) is 44.4 Å². The number of halogens is 3.